The number of rotatable bonds is 6. The van der Waals surface area contributed by atoms with Crippen LogP contribution in [0.5, 0.6) is 11.5 Å². The number of ether oxygens (including phenoxy) is 3. The van der Waals surface area contributed by atoms with Crippen LogP contribution in [0.15, 0.2) is 52.4 Å². The number of esters is 1. The fourth-order valence-electron chi connectivity index (χ4n) is 4.10. The number of aromatic nitrogens is 3. The van der Waals surface area contributed by atoms with E-state index in [9.17, 15) is 14.4 Å². The van der Waals surface area contributed by atoms with Crippen molar-refractivity contribution in [3.8, 4) is 11.5 Å². The lowest BCUT2D eigenvalue weighted by Gasteiger charge is -2.18. The second kappa shape index (κ2) is 10.3. The number of carbonyl (C=O) groups is 2. The summed E-state index contributed by atoms with van der Waals surface area (Å²) in [6, 6.07) is 9.38. The highest BCUT2D eigenvalue weighted by molar-refractivity contribution is 5.97. The van der Waals surface area contributed by atoms with Gasteiger partial charge in [0, 0.05) is 23.9 Å². The maximum absolute atomic E-state index is 13.5. The van der Waals surface area contributed by atoms with Crippen LogP contribution in [-0.4, -0.2) is 46.7 Å². The molecule has 10 heteroatoms. The summed E-state index contributed by atoms with van der Waals surface area (Å²) in [5.74, 6) is -0.515. The molecule has 192 valence electrons. The molecule has 3 heterocycles. The summed E-state index contributed by atoms with van der Waals surface area (Å²) < 4.78 is 18.9. The van der Waals surface area contributed by atoms with E-state index >= 15 is 0 Å². The number of fused-ring (bicyclic) bond motifs is 2. The number of amides is 1. The lowest BCUT2D eigenvalue weighted by atomic mass is 10.1. The first kappa shape index (κ1) is 25.6. The maximum Gasteiger partial charge on any atom is 0.341 e. The quantitative estimate of drug-likeness (QED) is 0.292. The smallest absolute Gasteiger partial charge is 0.341 e. The SMILES string of the molecule is CCOC(=O)c1cc2c(=O)n3cccc(C)c3nc2n(C(C)C)c1=NC(=O)c1cc(OC)cc(OC)c1. The molecule has 0 atom stereocenters. The molecule has 0 radical (unpaired) electrons. The minimum atomic E-state index is -0.706. The molecule has 0 N–H and O–H groups in total. The Morgan fingerprint density at radius 1 is 1.05 bits per heavy atom. The van der Waals surface area contributed by atoms with E-state index in [1.807, 2.05) is 26.8 Å². The molecule has 3 aromatic heterocycles. The van der Waals surface area contributed by atoms with E-state index in [-0.39, 0.29) is 40.2 Å². The van der Waals surface area contributed by atoms with Gasteiger partial charge in [0.1, 0.15) is 28.4 Å². The minimum Gasteiger partial charge on any atom is -0.497 e. The van der Waals surface area contributed by atoms with Crippen molar-refractivity contribution in [2.24, 2.45) is 4.99 Å². The molecule has 4 rings (SSSR count). The molecule has 0 aliphatic rings. The molecule has 10 nitrogen and oxygen atoms in total. The first-order valence-electron chi connectivity index (χ1n) is 11.8. The zero-order valence-corrected chi connectivity index (χ0v) is 21.6. The summed E-state index contributed by atoms with van der Waals surface area (Å²) >= 11 is 0. The van der Waals surface area contributed by atoms with Crippen molar-refractivity contribution in [3.63, 3.8) is 0 Å². The van der Waals surface area contributed by atoms with E-state index in [4.69, 9.17) is 19.2 Å². The zero-order valence-electron chi connectivity index (χ0n) is 21.6. The number of aryl methyl sites for hydroxylation is 1. The lowest BCUT2D eigenvalue weighted by molar-refractivity contribution is 0.0523. The third-order valence-electron chi connectivity index (χ3n) is 5.87. The van der Waals surface area contributed by atoms with E-state index in [1.54, 1.807) is 29.8 Å². The number of methoxy groups -OCH3 is 2. The molecular weight excluding hydrogens is 476 g/mol. The molecule has 0 fully saturated rings. The Morgan fingerprint density at radius 2 is 1.73 bits per heavy atom. The van der Waals surface area contributed by atoms with Gasteiger partial charge >= 0.3 is 5.97 Å². The Kier molecular flexibility index (Phi) is 7.10. The van der Waals surface area contributed by atoms with Crippen LogP contribution in [0.3, 0.4) is 0 Å². The van der Waals surface area contributed by atoms with Crippen molar-refractivity contribution in [1.82, 2.24) is 14.0 Å². The third-order valence-corrected chi connectivity index (χ3v) is 5.87. The maximum atomic E-state index is 13.5. The summed E-state index contributed by atoms with van der Waals surface area (Å²) in [6.07, 6.45) is 1.62. The van der Waals surface area contributed by atoms with Gasteiger partial charge in [-0.2, -0.15) is 4.99 Å². The minimum absolute atomic E-state index is 0.0160. The summed E-state index contributed by atoms with van der Waals surface area (Å²) in [4.78, 5) is 49.0. The summed E-state index contributed by atoms with van der Waals surface area (Å²) in [7, 11) is 2.96. The van der Waals surface area contributed by atoms with Gasteiger partial charge in [0.05, 0.1) is 26.2 Å². The normalized spacial score (nSPS) is 11.8. The Labute approximate surface area is 212 Å². The molecule has 0 saturated heterocycles. The van der Waals surface area contributed by atoms with Crippen LogP contribution in [0.4, 0.5) is 0 Å². The van der Waals surface area contributed by atoms with Gasteiger partial charge in [-0.3, -0.25) is 14.0 Å². The van der Waals surface area contributed by atoms with Gasteiger partial charge in [0.25, 0.3) is 11.5 Å². The Hall–Kier alpha value is -4.47. The zero-order chi connectivity index (χ0) is 26.9. The average molecular weight is 505 g/mol. The first-order valence-corrected chi connectivity index (χ1v) is 11.8. The molecule has 0 aliphatic carbocycles. The molecule has 37 heavy (non-hydrogen) atoms. The van der Waals surface area contributed by atoms with Gasteiger partial charge in [-0.25, -0.2) is 9.78 Å². The fraction of sp³-hybridized carbons (Fsp3) is 0.296. The highest BCUT2D eigenvalue weighted by atomic mass is 16.5. The van der Waals surface area contributed by atoms with Crippen molar-refractivity contribution in [2.75, 3.05) is 20.8 Å². The summed E-state index contributed by atoms with van der Waals surface area (Å²) in [6.45, 7) is 7.34. The summed E-state index contributed by atoms with van der Waals surface area (Å²) in [5, 5.41) is 0.203. The fourth-order valence-corrected chi connectivity index (χ4v) is 4.10. The highest BCUT2D eigenvalue weighted by Crippen LogP contribution is 2.23. The number of pyridine rings is 2. The molecule has 0 aliphatic heterocycles. The van der Waals surface area contributed by atoms with Crippen LogP contribution < -0.4 is 20.5 Å². The van der Waals surface area contributed by atoms with Gasteiger partial charge in [0.15, 0.2) is 5.49 Å². The van der Waals surface area contributed by atoms with Crippen LogP contribution in [0, 0.1) is 6.92 Å². The van der Waals surface area contributed by atoms with Gasteiger partial charge in [-0.05, 0) is 57.5 Å². The van der Waals surface area contributed by atoms with Crippen molar-refractivity contribution in [2.45, 2.75) is 33.7 Å². The molecule has 1 amide bonds. The van der Waals surface area contributed by atoms with Crippen molar-refractivity contribution >= 4 is 28.6 Å². The predicted molar refractivity (Wildman–Crippen MR) is 137 cm³/mol. The first-order chi connectivity index (χ1) is 17.7. The topological polar surface area (TPSA) is 113 Å². The largest absolute Gasteiger partial charge is 0.497 e. The van der Waals surface area contributed by atoms with Crippen LogP contribution >= 0.6 is 0 Å². The van der Waals surface area contributed by atoms with Gasteiger partial charge < -0.3 is 18.8 Å². The van der Waals surface area contributed by atoms with Crippen LogP contribution in [0.1, 0.15) is 53.1 Å². The van der Waals surface area contributed by atoms with Gasteiger partial charge in [-0.1, -0.05) is 6.07 Å². The number of carbonyl (C=O) groups excluding carboxylic acids is 2. The molecule has 4 aromatic rings. The summed E-state index contributed by atoms with van der Waals surface area (Å²) in [5.41, 5.74) is 1.44. The average Bonchev–Trinajstić information content (AvgIpc) is 2.88. The van der Waals surface area contributed by atoms with Gasteiger partial charge in [-0.15, -0.1) is 0 Å². The van der Waals surface area contributed by atoms with E-state index in [2.05, 4.69) is 4.99 Å². The highest BCUT2D eigenvalue weighted by Gasteiger charge is 2.22. The van der Waals surface area contributed by atoms with Crippen LogP contribution in [-0.2, 0) is 4.74 Å². The van der Waals surface area contributed by atoms with Crippen molar-refractivity contribution in [1.29, 1.82) is 0 Å². The monoisotopic (exact) mass is 504 g/mol. The van der Waals surface area contributed by atoms with E-state index in [0.717, 1.165) is 5.56 Å². The Balaban J connectivity index is 2.13. The molecule has 0 spiro atoms. The predicted octanol–water partition coefficient (Wildman–Crippen LogP) is 3.47. The van der Waals surface area contributed by atoms with Crippen LogP contribution in [0.25, 0.3) is 16.7 Å². The second-order valence-corrected chi connectivity index (χ2v) is 8.62. The number of hydrogen-bond donors (Lipinski definition) is 0. The Bertz CT molecular complexity index is 1640. The van der Waals surface area contributed by atoms with E-state index < -0.39 is 11.9 Å². The Morgan fingerprint density at radius 3 is 2.32 bits per heavy atom. The van der Waals surface area contributed by atoms with E-state index in [0.29, 0.717) is 22.8 Å². The molecule has 0 bridgehead atoms. The molecule has 0 saturated carbocycles. The van der Waals surface area contributed by atoms with Crippen LogP contribution in [0.2, 0.25) is 0 Å². The second-order valence-electron chi connectivity index (χ2n) is 8.62. The number of benzene rings is 1. The van der Waals surface area contributed by atoms with Crippen molar-refractivity contribution < 1.29 is 23.8 Å². The molecule has 0 unspecified atom stereocenters. The standard InChI is InChI=1S/C27H28N4O6/c1-7-37-27(34)21-14-20-23(28-22-16(4)9-8-10-30(22)26(20)33)31(15(2)3)24(21)29-25(32)17-11-18(35-5)13-19(12-17)36-6/h8-15H,7H2,1-6H3. The third kappa shape index (κ3) is 4.69. The molecule has 1 aromatic carbocycles. The number of nitrogens with zero attached hydrogens (tertiary/aromatic N) is 4. The number of hydrogen-bond acceptors (Lipinski definition) is 7. The van der Waals surface area contributed by atoms with E-state index in [1.165, 1.54) is 36.8 Å². The van der Waals surface area contributed by atoms with Crippen molar-refractivity contribution in [3.05, 3.63) is 75.1 Å². The lowest BCUT2D eigenvalue weighted by Crippen LogP contribution is -2.33. The van der Waals surface area contributed by atoms with Gasteiger partial charge in [0.2, 0.25) is 0 Å². The molecular formula is C27H28N4O6.